The van der Waals surface area contributed by atoms with Gasteiger partial charge in [-0.05, 0) is 19.1 Å². The average Bonchev–Trinajstić information content (AvgIpc) is 2.55. The van der Waals surface area contributed by atoms with E-state index in [0.29, 0.717) is 11.3 Å². The molecule has 17 heavy (non-hydrogen) atoms. The minimum Gasteiger partial charge on any atom is -0.397 e. The smallest absolute Gasteiger partial charge is 0.253 e. The number of carbonyl (C=O) groups excluding carboxylic acids is 1. The SMILES string of the molecule is Cc1nc2c(N)cc(C(=O)N(C)C)cc2n1C. The molecular weight excluding hydrogens is 216 g/mol. The molecule has 2 N–H and O–H groups in total. The van der Waals surface area contributed by atoms with Crippen LogP contribution in [0.4, 0.5) is 5.69 Å². The number of amides is 1. The van der Waals surface area contributed by atoms with E-state index >= 15 is 0 Å². The number of hydrogen-bond acceptors (Lipinski definition) is 3. The third kappa shape index (κ3) is 1.73. The molecule has 1 aromatic heterocycles. The molecule has 5 nitrogen and oxygen atoms in total. The molecule has 2 rings (SSSR count). The summed E-state index contributed by atoms with van der Waals surface area (Å²) >= 11 is 0. The summed E-state index contributed by atoms with van der Waals surface area (Å²) in [5.41, 5.74) is 8.69. The van der Waals surface area contributed by atoms with Gasteiger partial charge in [-0.1, -0.05) is 0 Å². The summed E-state index contributed by atoms with van der Waals surface area (Å²) in [6.45, 7) is 1.91. The maximum absolute atomic E-state index is 11.9. The van der Waals surface area contributed by atoms with Gasteiger partial charge in [-0.15, -0.1) is 0 Å². The van der Waals surface area contributed by atoms with Crippen LogP contribution in [0.25, 0.3) is 11.0 Å². The molecule has 0 saturated heterocycles. The molecule has 0 aliphatic carbocycles. The molecule has 0 bridgehead atoms. The van der Waals surface area contributed by atoms with E-state index in [1.165, 1.54) is 4.90 Å². The van der Waals surface area contributed by atoms with E-state index in [4.69, 9.17) is 5.73 Å². The second kappa shape index (κ2) is 3.76. The lowest BCUT2D eigenvalue weighted by atomic mass is 10.1. The molecule has 1 heterocycles. The fraction of sp³-hybridized carbons (Fsp3) is 0.333. The highest BCUT2D eigenvalue weighted by molar-refractivity contribution is 6.00. The predicted molar refractivity (Wildman–Crippen MR) is 67.9 cm³/mol. The van der Waals surface area contributed by atoms with Crippen molar-refractivity contribution in [2.75, 3.05) is 19.8 Å². The summed E-state index contributed by atoms with van der Waals surface area (Å²) in [7, 11) is 5.35. The highest BCUT2D eigenvalue weighted by atomic mass is 16.2. The van der Waals surface area contributed by atoms with Gasteiger partial charge in [0.05, 0.1) is 11.2 Å². The number of rotatable bonds is 1. The van der Waals surface area contributed by atoms with Crippen molar-refractivity contribution in [1.82, 2.24) is 14.5 Å². The minimum atomic E-state index is -0.0579. The molecule has 0 fully saturated rings. The van der Waals surface area contributed by atoms with Gasteiger partial charge in [0.2, 0.25) is 0 Å². The number of fused-ring (bicyclic) bond motifs is 1. The first-order valence-electron chi connectivity index (χ1n) is 5.36. The number of nitrogens with two attached hydrogens (primary N) is 1. The van der Waals surface area contributed by atoms with Gasteiger partial charge in [-0.25, -0.2) is 4.98 Å². The zero-order valence-electron chi connectivity index (χ0n) is 10.5. The Bertz CT molecular complexity index is 598. The van der Waals surface area contributed by atoms with Crippen LogP contribution in [-0.4, -0.2) is 34.5 Å². The van der Waals surface area contributed by atoms with E-state index in [9.17, 15) is 4.79 Å². The van der Waals surface area contributed by atoms with Crippen molar-refractivity contribution in [3.8, 4) is 0 Å². The Labute approximate surface area is 99.8 Å². The van der Waals surface area contributed by atoms with E-state index in [1.807, 2.05) is 24.6 Å². The van der Waals surface area contributed by atoms with Crippen LogP contribution < -0.4 is 5.73 Å². The number of aromatic nitrogens is 2. The second-order valence-electron chi connectivity index (χ2n) is 4.35. The molecule has 90 valence electrons. The van der Waals surface area contributed by atoms with Crippen LogP contribution in [0.2, 0.25) is 0 Å². The molecule has 0 radical (unpaired) electrons. The standard InChI is InChI=1S/C12H16N4O/c1-7-14-11-9(13)5-8(12(17)15(2)3)6-10(11)16(7)4/h5-6H,13H2,1-4H3. The summed E-state index contributed by atoms with van der Waals surface area (Å²) in [5.74, 6) is 0.818. The van der Waals surface area contributed by atoms with Crippen molar-refractivity contribution in [1.29, 1.82) is 0 Å². The lowest BCUT2D eigenvalue weighted by molar-refractivity contribution is 0.0828. The van der Waals surface area contributed by atoms with Gasteiger partial charge in [-0.2, -0.15) is 0 Å². The molecule has 0 unspecified atom stereocenters. The van der Waals surface area contributed by atoms with E-state index in [-0.39, 0.29) is 5.91 Å². The van der Waals surface area contributed by atoms with E-state index < -0.39 is 0 Å². The van der Waals surface area contributed by atoms with Crippen molar-refractivity contribution in [2.45, 2.75) is 6.92 Å². The molecule has 1 aromatic carbocycles. The van der Waals surface area contributed by atoms with Crippen molar-refractivity contribution < 1.29 is 4.79 Å². The number of imidazole rings is 1. The van der Waals surface area contributed by atoms with Crippen LogP contribution in [-0.2, 0) is 7.05 Å². The van der Waals surface area contributed by atoms with Crippen molar-refractivity contribution >= 4 is 22.6 Å². The Balaban J connectivity index is 2.70. The van der Waals surface area contributed by atoms with Crippen LogP contribution in [0.5, 0.6) is 0 Å². The third-order valence-electron chi connectivity index (χ3n) is 2.89. The maximum Gasteiger partial charge on any atom is 0.253 e. The van der Waals surface area contributed by atoms with Gasteiger partial charge >= 0.3 is 0 Å². The first-order chi connectivity index (χ1) is 7.91. The average molecular weight is 232 g/mol. The lowest BCUT2D eigenvalue weighted by Crippen LogP contribution is -2.21. The minimum absolute atomic E-state index is 0.0579. The van der Waals surface area contributed by atoms with Crippen molar-refractivity contribution in [2.24, 2.45) is 7.05 Å². The van der Waals surface area contributed by atoms with Crippen LogP contribution in [0.15, 0.2) is 12.1 Å². The molecule has 0 aliphatic rings. The number of nitrogen functional groups attached to an aromatic ring is 1. The molecule has 2 aromatic rings. The number of hydrogen-bond donors (Lipinski definition) is 1. The lowest BCUT2D eigenvalue weighted by Gasteiger charge is -2.11. The van der Waals surface area contributed by atoms with Gasteiger partial charge in [0.15, 0.2) is 0 Å². The number of anilines is 1. The number of benzene rings is 1. The zero-order valence-corrected chi connectivity index (χ0v) is 10.5. The van der Waals surface area contributed by atoms with Gasteiger partial charge < -0.3 is 15.2 Å². The fourth-order valence-electron chi connectivity index (χ4n) is 1.81. The Morgan fingerprint density at radius 2 is 2.06 bits per heavy atom. The van der Waals surface area contributed by atoms with E-state index in [2.05, 4.69) is 4.98 Å². The first-order valence-corrected chi connectivity index (χ1v) is 5.36. The normalized spacial score (nSPS) is 10.8. The fourth-order valence-corrected chi connectivity index (χ4v) is 1.81. The maximum atomic E-state index is 11.9. The van der Waals surface area contributed by atoms with Crippen LogP contribution in [0, 0.1) is 6.92 Å². The summed E-state index contributed by atoms with van der Waals surface area (Å²) < 4.78 is 1.93. The number of aryl methyl sites for hydroxylation is 2. The van der Waals surface area contributed by atoms with E-state index in [0.717, 1.165) is 16.9 Å². The highest BCUT2D eigenvalue weighted by Crippen LogP contribution is 2.23. The monoisotopic (exact) mass is 232 g/mol. The molecule has 5 heteroatoms. The van der Waals surface area contributed by atoms with Crippen LogP contribution >= 0.6 is 0 Å². The van der Waals surface area contributed by atoms with Crippen molar-refractivity contribution in [3.05, 3.63) is 23.5 Å². The van der Waals surface area contributed by atoms with Crippen LogP contribution in [0.1, 0.15) is 16.2 Å². The van der Waals surface area contributed by atoms with Gasteiger partial charge in [0.25, 0.3) is 5.91 Å². The van der Waals surface area contributed by atoms with Gasteiger partial charge in [0, 0.05) is 26.7 Å². The zero-order chi connectivity index (χ0) is 12.7. The second-order valence-corrected chi connectivity index (χ2v) is 4.35. The van der Waals surface area contributed by atoms with Gasteiger partial charge in [-0.3, -0.25) is 4.79 Å². The molecular formula is C12H16N4O. The Morgan fingerprint density at radius 1 is 1.41 bits per heavy atom. The molecule has 0 spiro atoms. The molecule has 0 aliphatic heterocycles. The predicted octanol–water partition coefficient (Wildman–Crippen LogP) is 1.17. The van der Waals surface area contributed by atoms with Gasteiger partial charge in [0.1, 0.15) is 11.3 Å². The third-order valence-corrected chi connectivity index (χ3v) is 2.89. The first kappa shape index (κ1) is 11.4. The van der Waals surface area contributed by atoms with E-state index in [1.54, 1.807) is 20.2 Å². The Morgan fingerprint density at radius 3 is 2.65 bits per heavy atom. The Hall–Kier alpha value is -2.04. The largest absolute Gasteiger partial charge is 0.397 e. The number of carbonyl (C=O) groups is 1. The summed E-state index contributed by atoms with van der Waals surface area (Å²) in [4.78, 5) is 17.8. The summed E-state index contributed by atoms with van der Waals surface area (Å²) in [5, 5.41) is 0. The summed E-state index contributed by atoms with van der Waals surface area (Å²) in [6, 6.07) is 3.51. The van der Waals surface area contributed by atoms with Crippen LogP contribution in [0.3, 0.4) is 0 Å². The molecule has 1 amide bonds. The van der Waals surface area contributed by atoms with Crippen molar-refractivity contribution in [3.63, 3.8) is 0 Å². The topological polar surface area (TPSA) is 64.2 Å². The molecule has 0 saturated carbocycles. The quantitative estimate of drug-likeness (QED) is 0.750. The summed E-state index contributed by atoms with van der Waals surface area (Å²) in [6.07, 6.45) is 0. The Kier molecular flexibility index (Phi) is 2.53. The highest BCUT2D eigenvalue weighted by Gasteiger charge is 2.14. The molecule has 0 atom stereocenters. The number of nitrogens with zero attached hydrogens (tertiary/aromatic N) is 3.